The van der Waals surface area contributed by atoms with Crippen LogP contribution in [-0.2, 0) is 39.3 Å². The number of carbonyl (C=O) groups is 3. The van der Waals surface area contributed by atoms with E-state index in [1.54, 1.807) is 11.3 Å². The molecule has 21 heteroatoms. The molecule has 1 spiro atoms. The van der Waals surface area contributed by atoms with Crippen LogP contribution >= 0.6 is 11.3 Å². The van der Waals surface area contributed by atoms with Gasteiger partial charge >= 0.3 is 36.4 Å². The molecule has 0 radical (unpaired) electrons. The fourth-order valence-corrected chi connectivity index (χ4v) is 4.68. The van der Waals surface area contributed by atoms with Crippen molar-refractivity contribution in [3.05, 3.63) is 40.6 Å². The molecule has 0 bridgehead atoms. The van der Waals surface area contributed by atoms with Gasteiger partial charge in [-0.3, -0.25) is 9.80 Å². The fourth-order valence-electron chi connectivity index (χ4n) is 4.02. The summed E-state index contributed by atoms with van der Waals surface area (Å²) in [5.74, 6) is -7.12. The van der Waals surface area contributed by atoms with Gasteiger partial charge in [0, 0.05) is 51.0 Å². The molecule has 2 fully saturated rings. The highest BCUT2D eigenvalue weighted by Crippen LogP contribution is 2.34. The number of nitrogens with zero attached hydrogens (tertiary/aromatic N) is 4. The number of aromatic nitrogens is 2. The van der Waals surface area contributed by atoms with Crippen molar-refractivity contribution < 1.29 is 74.0 Å². The number of halogens is 9. The van der Waals surface area contributed by atoms with E-state index in [9.17, 15) is 39.5 Å². The molecular formula is C24H29F9N4O7S. The van der Waals surface area contributed by atoms with Crippen LogP contribution in [0.4, 0.5) is 39.5 Å². The Hall–Kier alpha value is -3.43. The number of aliphatic carboxylic acids is 3. The molecule has 45 heavy (non-hydrogen) atoms. The first-order valence-corrected chi connectivity index (χ1v) is 13.4. The molecule has 2 aliphatic heterocycles. The summed E-state index contributed by atoms with van der Waals surface area (Å²) in [4.78, 5) is 36.3. The zero-order valence-corrected chi connectivity index (χ0v) is 24.1. The van der Waals surface area contributed by atoms with Crippen LogP contribution in [0.1, 0.15) is 17.8 Å². The maximum Gasteiger partial charge on any atom is 0.490 e. The minimum atomic E-state index is -5.08. The summed E-state index contributed by atoms with van der Waals surface area (Å²) in [7, 11) is 2.07. The van der Waals surface area contributed by atoms with E-state index in [-0.39, 0.29) is 5.41 Å². The Morgan fingerprint density at radius 2 is 1.38 bits per heavy atom. The highest BCUT2D eigenvalue weighted by molar-refractivity contribution is 7.07. The van der Waals surface area contributed by atoms with Crippen LogP contribution in [0.15, 0.2) is 29.2 Å². The molecule has 11 nitrogen and oxygen atoms in total. The second kappa shape index (κ2) is 16.8. The number of imidazole rings is 1. The summed E-state index contributed by atoms with van der Waals surface area (Å²) in [5.41, 5.74) is 1.71. The van der Waals surface area contributed by atoms with Crippen LogP contribution in [0, 0.1) is 5.41 Å². The molecule has 1 unspecified atom stereocenters. The average molecular weight is 689 g/mol. The molecule has 2 aromatic rings. The van der Waals surface area contributed by atoms with Gasteiger partial charge in [0.1, 0.15) is 5.82 Å². The van der Waals surface area contributed by atoms with Gasteiger partial charge in [0.2, 0.25) is 0 Å². The van der Waals surface area contributed by atoms with Crippen molar-refractivity contribution in [1.82, 2.24) is 19.4 Å². The van der Waals surface area contributed by atoms with Crippen molar-refractivity contribution in [1.29, 1.82) is 0 Å². The molecule has 2 aliphatic rings. The largest absolute Gasteiger partial charge is 0.490 e. The van der Waals surface area contributed by atoms with Crippen molar-refractivity contribution in [3.63, 3.8) is 0 Å². The number of hydrogen-bond donors (Lipinski definition) is 3. The van der Waals surface area contributed by atoms with Gasteiger partial charge in [-0.2, -0.15) is 50.9 Å². The number of ether oxygens (including phenoxy) is 1. The van der Waals surface area contributed by atoms with E-state index in [0.717, 1.165) is 58.3 Å². The normalized spacial score (nSPS) is 19.2. The lowest BCUT2D eigenvalue weighted by atomic mass is 9.87. The molecule has 0 amide bonds. The highest BCUT2D eigenvalue weighted by atomic mass is 32.1. The number of alkyl halides is 9. The number of aryl methyl sites for hydroxylation is 1. The average Bonchev–Trinajstić information content (AvgIpc) is 3.61. The zero-order chi connectivity index (χ0) is 34.6. The van der Waals surface area contributed by atoms with Crippen LogP contribution in [-0.4, -0.2) is 111 Å². The maximum absolute atomic E-state index is 10.6. The van der Waals surface area contributed by atoms with Crippen molar-refractivity contribution in [2.75, 3.05) is 39.4 Å². The Morgan fingerprint density at radius 1 is 0.889 bits per heavy atom. The molecule has 0 aliphatic carbocycles. The summed E-state index contributed by atoms with van der Waals surface area (Å²) in [6.45, 7) is 8.17. The Bertz CT molecular complexity index is 1160. The third kappa shape index (κ3) is 14.9. The number of thiophene rings is 1. The van der Waals surface area contributed by atoms with E-state index >= 15 is 0 Å². The van der Waals surface area contributed by atoms with E-state index in [1.165, 1.54) is 12.0 Å². The smallest absolute Gasteiger partial charge is 0.475 e. The summed E-state index contributed by atoms with van der Waals surface area (Å²) in [6, 6.07) is 2.24. The highest BCUT2D eigenvalue weighted by Gasteiger charge is 2.42. The first-order valence-electron chi connectivity index (χ1n) is 12.5. The van der Waals surface area contributed by atoms with E-state index in [0.29, 0.717) is 0 Å². The Balaban J connectivity index is 0.000000396. The Labute approximate surface area is 253 Å². The van der Waals surface area contributed by atoms with Gasteiger partial charge in [0.25, 0.3) is 0 Å². The van der Waals surface area contributed by atoms with Crippen molar-refractivity contribution in [3.8, 4) is 0 Å². The molecule has 2 aromatic heterocycles. The van der Waals surface area contributed by atoms with Crippen molar-refractivity contribution >= 4 is 29.2 Å². The lowest BCUT2D eigenvalue weighted by Crippen LogP contribution is -2.40. The first kappa shape index (κ1) is 39.6. The number of carboxylic acids is 3. The third-order valence-corrected chi connectivity index (χ3v) is 6.77. The minimum absolute atomic E-state index is 0.275. The number of hydrogen-bond acceptors (Lipinski definition) is 8. The second-order valence-corrected chi connectivity index (χ2v) is 10.5. The van der Waals surface area contributed by atoms with Gasteiger partial charge in [-0.15, -0.1) is 0 Å². The Morgan fingerprint density at radius 3 is 1.78 bits per heavy atom. The molecule has 4 heterocycles. The monoisotopic (exact) mass is 688 g/mol. The standard InChI is InChI=1S/C18H26N4OS.3C2HF3O2/c1-20-6-4-19-17(20)11-21-5-3-18(13-21)14-22(7-8-23-15-18)10-16-2-9-24-12-16;3*3-2(4,5)1(6)7/h2,4,6,9,12H,3,5,7-8,10-11,13-15H2,1H3;3*(H,6,7). The maximum atomic E-state index is 10.6. The topological polar surface area (TPSA) is 145 Å². The van der Waals surface area contributed by atoms with Crippen LogP contribution in [0.3, 0.4) is 0 Å². The number of likely N-dealkylation sites (tertiary alicyclic amines) is 1. The summed E-state index contributed by atoms with van der Waals surface area (Å²) in [6.07, 6.45) is -10.1. The minimum Gasteiger partial charge on any atom is -0.475 e. The van der Waals surface area contributed by atoms with Gasteiger partial charge in [-0.1, -0.05) is 0 Å². The predicted octanol–water partition coefficient (Wildman–Crippen LogP) is 4.11. The van der Waals surface area contributed by atoms with E-state index in [2.05, 4.69) is 43.2 Å². The third-order valence-electron chi connectivity index (χ3n) is 6.04. The first-order chi connectivity index (χ1) is 20.6. The van der Waals surface area contributed by atoms with Crippen LogP contribution in [0.2, 0.25) is 0 Å². The van der Waals surface area contributed by atoms with E-state index in [1.807, 2.05) is 12.4 Å². The fraction of sp³-hybridized carbons (Fsp3) is 0.583. The molecule has 0 saturated carbocycles. The number of carboxylic acid groups (broad SMARTS) is 3. The van der Waals surface area contributed by atoms with Crippen molar-refractivity contribution in [2.24, 2.45) is 12.5 Å². The van der Waals surface area contributed by atoms with Gasteiger partial charge in [0.15, 0.2) is 0 Å². The molecular weight excluding hydrogens is 659 g/mol. The van der Waals surface area contributed by atoms with Gasteiger partial charge < -0.3 is 24.6 Å². The second-order valence-electron chi connectivity index (χ2n) is 9.72. The van der Waals surface area contributed by atoms with Gasteiger partial charge in [-0.05, 0) is 35.4 Å². The Kier molecular flexibility index (Phi) is 14.7. The molecule has 0 aromatic carbocycles. The summed E-state index contributed by atoms with van der Waals surface area (Å²) < 4.78 is 103. The van der Waals surface area contributed by atoms with Crippen LogP contribution in [0.25, 0.3) is 0 Å². The SMILES string of the molecule is Cn1ccnc1CN1CCC2(COCCN(Cc3ccsc3)C2)C1.O=C(O)C(F)(F)F.O=C(O)C(F)(F)F.O=C(O)C(F)(F)F. The lowest BCUT2D eigenvalue weighted by molar-refractivity contribution is -0.193. The molecule has 1 atom stereocenters. The summed E-state index contributed by atoms with van der Waals surface area (Å²) >= 11 is 1.79. The quantitative estimate of drug-likeness (QED) is 0.402. The van der Waals surface area contributed by atoms with Gasteiger partial charge in [0.05, 0.1) is 19.8 Å². The lowest BCUT2D eigenvalue weighted by Gasteiger charge is -2.31. The molecule has 4 rings (SSSR count). The van der Waals surface area contributed by atoms with Crippen LogP contribution < -0.4 is 0 Å². The van der Waals surface area contributed by atoms with Gasteiger partial charge in [-0.25, -0.2) is 19.4 Å². The molecule has 2 saturated heterocycles. The zero-order valence-electron chi connectivity index (χ0n) is 23.3. The number of rotatable bonds is 4. The van der Waals surface area contributed by atoms with E-state index in [4.69, 9.17) is 34.4 Å². The van der Waals surface area contributed by atoms with Crippen LogP contribution in [0.5, 0.6) is 0 Å². The predicted molar refractivity (Wildman–Crippen MR) is 137 cm³/mol. The molecule has 256 valence electrons. The summed E-state index contributed by atoms with van der Waals surface area (Å²) in [5, 5.41) is 25.8. The van der Waals surface area contributed by atoms with Crippen molar-refractivity contribution in [2.45, 2.75) is 38.0 Å². The molecule has 3 N–H and O–H groups in total. The van der Waals surface area contributed by atoms with E-state index < -0.39 is 36.4 Å².